The van der Waals surface area contributed by atoms with E-state index in [1.807, 2.05) is 6.92 Å². The molecular weight excluding hydrogens is 368 g/mol. The first-order chi connectivity index (χ1) is 12.4. The van der Waals surface area contributed by atoms with E-state index >= 15 is 0 Å². The lowest BCUT2D eigenvalue weighted by Gasteiger charge is -2.26. The van der Waals surface area contributed by atoms with Gasteiger partial charge in [0.1, 0.15) is 16.2 Å². The van der Waals surface area contributed by atoms with Crippen LogP contribution in [-0.4, -0.2) is 52.9 Å². The van der Waals surface area contributed by atoms with Gasteiger partial charge in [0.2, 0.25) is 0 Å². The van der Waals surface area contributed by atoms with Gasteiger partial charge in [-0.05, 0) is 25.7 Å². The van der Waals surface area contributed by atoms with Gasteiger partial charge in [-0.2, -0.15) is 0 Å². The summed E-state index contributed by atoms with van der Waals surface area (Å²) in [5.74, 6) is 2.63. The largest absolute Gasteiger partial charge is 0.295 e. The molecular formula is C18H26N4O2S2. The lowest BCUT2D eigenvalue weighted by molar-refractivity contribution is 0.285. The van der Waals surface area contributed by atoms with Crippen molar-refractivity contribution in [1.82, 2.24) is 19.9 Å². The number of sulfone groups is 1. The van der Waals surface area contributed by atoms with Crippen LogP contribution >= 0.6 is 11.3 Å². The van der Waals surface area contributed by atoms with Crippen LogP contribution in [0.4, 0.5) is 0 Å². The summed E-state index contributed by atoms with van der Waals surface area (Å²) in [6.45, 7) is 6.06. The minimum atomic E-state index is -2.86. The van der Waals surface area contributed by atoms with Crippen molar-refractivity contribution in [2.75, 3.05) is 24.6 Å². The van der Waals surface area contributed by atoms with E-state index in [2.05, 4.69) is 21.8 Å². The number of rotatable bonds is 3. The van der Waals surface area contributed by atoms with Crippen molar-refractivity contribution in [3.05, 3.63) is 16.5 Å². The number of aromatic nitrogens is 3. The predicted octanol–water partition coefficient (Wildman–Crippen LogP) is 2.92. The molecule has 26 heavy (non-hydrogen) atoms. The highest BCUT2D eigenvalue weighted by Gasteiger charge is 2.26. The molecule has 0 atom stereocenters. The Morgan fingerprint density at radius 2 is 1.77 bits per heavy atom. The van der Waals surface area contributed by atoms with Crippen LogP contribution < -0.4 is 0 Å². The van der Waals surface area contributed by atoms with Gasteiger partial charge in [0.05, 0.1) is 22.2 Å². The van der Waals surface area contributed by atoms with Crippen LogP contribution in [0.1, 0.15) is 55.1 Å². The SMILES string of the molecule is Cc1nc(CN2CCS(=O)(=O)CC2)c2nc([C@H]3CC[C@H](C)CC3)sc2n1. The molecule has 2 aromatic rings. The fourth-order valence-electron chi connectivity index (χ4n) is 3.92. The maximum atomic E-state index is 11.7. The number of hydrogen-bond acceptors (Lipinski definition) is 7. The maximum absolute atomic E-state index is 11.7. The van der Waals surface area contributed by atoms with Crippen LogP contribution in [0.25, 0.3) is 10.3 Å². The van der Waals surface area contributed by atoms with Crippen molar-refractivity contribution in [2.45, 2.75) is 52.0 Å². The van der Waals surface area contributed by atoms with Crippen LogP contribution in [0.2, 0.25) is 0 Å². The molecule has 1 aliphatic carbocycles. The van der Waals surface area contributed by atoms with Gasteiger partial charge in [0.15, 0.2) is 9.84 Å². The summed E-state index contributed by atoms with van der Waals surface area (Å²) in [4.78, 5) is 17.4. The number of nitrogens with zero attached hydrogens (tertiary/aromatic N) is 4. The van der Waals surface area contributed by atoms with Gasteiger partial charge in [-0.25, -0.2) is 23.4 Å². The molecule has 142 valence electrons. The molecule has 4 rings (SSSR count). The van der Waals surface area contributed by atoms with E-state index in [1.54, 1.807) is 11.3 Å². The molecule has 2 aliphatic rings. The monoisotopic (exact) mass is 394 g/mol. The van der Waals surface area contributed by atoms with Crippen molar-refractivity contribution in [3.63, 3.8) is 0 Å². The Morgan fingerprint density at radius 3 is 2.46 bits per heavy atom. The van der Waals surface area contributed by atoms with Gasteiger partial charge in [-0.15, -0.1) is 0 Å². The zero-order valence-electron chi connectivity index (χ0n) is 15.4. The molecule has 0 unspecified atom stereocenters. The fraction of sp³-hybridized carbons (Fsp3) is 0.722. The van der Waals surface area contributed by atoms with Gasteiger partial charge in [0.25, 0.3) is 0 Å². The van der Waals surface area contributed by atoms with Crippen molar-refractivity contribution < 1.29 is 8.42 Å². The van der Waals surface area contributed by atoms with E-state index in [9.17, 15) is 8.42 Å². The van der Waals surface area contributed by atoms with Crippen molar-refractivity contribution in [1.29, 1.82) is 0 Å². The second kappa shape index (κ2) is 7.13. The molecule has 1 saturated heterocycles. The van der Waals surface area contributed by atoms with Gasteiger partial charge >= 0.3 is 0 Å². The van der Waals surface area contributed by atoms with Crippen LogP contribution in [-0.2, 0) is 16.4 Å². The fourth-order valence-corrected chi connectivity index (χ4v) is 6.38. The minimum absolute atomic E-state index is 0.239. The molecule has 0 aromatic carbocycles. The summed E-state index contributed by atoms with van der Waals surface area (Å²) in [7, 11) is -2.86. The first-order valence-electron chi connectivity index (χ1n) is 9.46. The molecule has 1 saturated carbocycles. The summed E-state index contributed by atoms with van der Waals surface area (Å²) < 4.78 is 23.3. The zero-order valence-corrected chi connectivity index (χ0v) is 17.1. The van der Waals surface area contributed by atoms with Crippen LogP contribution in [0.15, 0.2) is 0 Å². The van der Waals surface area contributed by atoms with E-state index < -0.39 is 9.84 Å². The molecule has 6 nitrogen and oxygen atoms in total. The van der Waals surface area contributed by atoms with Gasteiger partial charge in [0, 0.05) is 25.6 Å². The van der Waals surface area contributed by atoms with E-state index in [1.165, 1.54) is 30.7 Å². The van der Waals surface area contributed by atoms with Gasteiger partial charge < -0.3 is 0 Å². The smallest absolute Gasteiger partial charge is 0.152 e. The Morgan fingerprint density at radius 1 is 1.08 bits per heavy atom. The molecule has 2 aromatic heterocycles. The Balaban J connectivity index is 1.58. The molecule has 2 fully saturated rings. The second-order valence-electron chi connectivity index (χ2n) is 7.81. The average molecular weight is 395 g/mol. The summed E-state index contributed by atoms with van der Waals surface area (Å²) in [5.41, 5.74) is 1.86. The molecule has 0 radical (unpaired) electrons. The quantitative estimate of drug-likeness (QED) is 0.797. The third-order valence-electron chi connectivity index (χ3n) is 5.63. The van der Waals surface area contributed by atoms with Crippen molar-refractivity contribution >= 4 is 31.5 Å². The molecule has 0 amide bonds. The normalized spacial score (nSPS) is 27.0. The second-order valence-corrected chi connectivity index (χ2v) is 11.1. The van der Waals surface area contributed by atoms with Gasteiger partial charge in [-0.3, -0.25) is 4.90 Å². The third kappa shape index (κ3) is 3.92. The number of aryl methyl sites for hydroxylation is 1. The highest BCUT2D eigenvalue weighted by Crippen LogP contribution is 2.38. The summed E-state index contributed by atoms with van der Waals surface area (Å²) in [5, 5.41) is 1.20. The summed E-state index contributed by atoms with van der Waals surface area (Å²) in [6.07, 6.45) is 4.99. The lowest BCUT2D eigenvalue weighted by atomic mass is 9.83. The maximum Gasteiger partial charge on any atom is 0.152 e. The molecule has 0 spiro atoms. The minimum Gasteiger partial charge on any atom is -0.295 e. The van der Waals surface area contributed by atoms with Crippen LogP contribution in [0, 0.1) is 12.8 Å². The van der Waals surface area contributed by atoms with Gasteiger partial charge in [-0.1, -0.05) is 31.1 Å². The Hall–Kier alpha value is -1.12. The standard InChI is InChI=1S/C18H26N4O2S2/c1-12-3-5-14(6-4-12)17-21-16-15(19-13(2)20-18(16)25-17)11-22-7-9-26(23,24)10-8-22/h12,14H,3-11H2,1-2H3/t12-,14-. The van der Waals surface area contributed by atoms with Crippen LogP contribution in [0.5, 0.6) is 0 Å². The van der Waals surface area contributed by atoms with E-state index in [0.29, 0.717) is 25.6 Å². The molecule has 1 aliphatic heterocycles. The summed E-state index contributed by atoms with van der Waals surface area (Å²) >= 11 is 1.72. The average Bonchev–Trinajstić information content (AvgIpc) is 3.01. The first kappa shape index (κ1) is 18.3. The van der Waals surface area contributed by atoms with E-state index in [4.69, 9.17) is 4.98 Å². The van der Waals surface area contributed by atoms with Crippen LogP contribution in [0.3, 0.4) is 0 Å². The topological polar surface area (TPSA) is 76.1 Å². The molecule has 0 N–H and O–H groups in total. The highest BCUT2D eigenvalue weighted by molar-refractivity contribution is 7.91. The lowest BCUT2D eigenvalue weighted by Crippen LogP contribution is -2.39. The first-order valence-corrected chi connectivity index (χ1v) is 12.1. The third-order valence-corrected chi connectivity index (χ3v) is 8.36. The highest BCUT2D eigenvalue weighted by atomic mass is 32.2. The molecule has 0 bridgehead atoms. The van der Waals surface area contributed by atoms with E-state index in [0.717, 1.165) is 27.8 Å². The van der Waals surface area contributed by atoms with Crippen molar-refractivity contribution in [2.24, 2.45) is 5.92 Å². The zero-order chi connectivity index (χ0) is 18.3. The number of thiazole rings is 1. The molecule has 8 heteroatoms. The Labute approximate surface area is 159 Å². The van der Waals surface area contributed by atoms with Crippen molar-refractivity contribution in [3.8, 4) is 0 Å². The number of fused-ring (bicyclic) bond motifs is 1. The van der Waals surface area contributed by atoms with E-state index in [-0.39, 0.29) is 11.5 Å². The number of hydrogen-bond donors (Lipinski definition) is 0. The predicted molar refractivity (Wildman–Crippen MR) is 104 cm³/mol. The Bertz CT molecular complexity index is 887. The summed E-state index contributed by atoms with van der Waals surface area (Å²) in [6, 6.07) is 0. The molecule has 3 heterocycles. The Kier molecular flexibility index (Phi) is 5.00.